The van der Waals surface area contributed by atoms with Gasteiger partial charge < -0.3 is 0 Å². The molecule has 1 saturated heterocycles. The fourth-order valence-electron chi connectivity index (χ4n) is 3.58. The summed E-state index contributed by atoms with van der Waals surface area (Å²) in [4.78, 5) is 18.7. The Hall–Kier alpha value is -2.66. The van der Waals surface area contributed by atoms with E-state index in [0.29, 0.717) is 32.3 Å². The van der Waals surface area contributed by atoms with E-state index < -0.39 is 0 Å². The monoisotopic (exact) mass is 481 g/mol. The van der Waals surface area contributed by atoms with Gasteiger partial charge in [0.25, 0.3) is 0 Å². The molecule has 1 amide bonds. The molecule has 0 bridgehead atoms. The van der Waals surface area contributed by atoms with Gasteiger partial charge >= 0.3 is 190 Å². The first-order chi connectivity index (χ1) is 14.7. The van der Waals surface area contributed by atoms with Crippen LogP contribution in [0.2, 0.25) is 0 Å². The van der Waals surface area contributed by atoms with Gasteiger partial charge in [0.05, 0.1) is 0 Å². The topological polar surface area (TPSA) is 26.8 Å². The molecule has 2 aromatic rings. The number of nitrogens with zero attached hydrogens (tertiary/aromatic N) is 3. The van der Waals surface area contributed by atoms with E-state index in [9.17, 15) is 4.79 Å². The van der Waals surface area contributed by atoms with Crippen LogP contribution in [0.5, 0.6) is 0 Å². The van der Waals surface area contributed by atoms with E-state index in [1.165, 1.54) is 14.7 Å². The molecule has 4 rings (SSSR count). The van der Waals surface area contributed by atoms with Gasteiger partial charge in [0.2, 0.25) is 0 Å². The van der Waals surface area contributed by atoms with Crippen LogP contribution in [-0.4, -0.2) is 44.0 Å². The van der Waals surface area contributed by atoms with Crippen molar-refractivity contribution in [3.05, 3.63) is 89.2 Å². The van der Waals surface area contributed by atoms with Crippen LogP contribution < -0.4 is 14.3 Å². The summed E-state index contributed by atoms with van der Waals surface area (Å²) in [5.74, 6) is -0.0590. The van der Waals surface area contributed by atoms with Gasteiger partial charge in [-0.3, -0.25) is 0 Å². The molecule has 2 heterocycles. The number of hydrogen-bond donors (Lipinski definition) is 0. The van der Waals surface area contributed by atoms with Crippen LogP contribution in [0.4, 0.5) is 11.4 Å². The number of allylic oxidation sites excluding steroid dienone is 4. The number of fused-ring (bicyclic) bond motifs is 1. The van der Waals surface area contributed by atoms with Crippen LogP contribution in [-0.2, 0) is 4.79 Å². The summed E-state index contributed by atoms with van der Waals surface area (Å²) in [7, 11) is 0. The molecule has 0 radical (unpaired) electrons. The first kappa shape index (κ1) is 20.6. The van der Waals surface area contributed by atoms with E-state index in [1.807, 2.05) is 60.4 Å². The predicted octanol–water partition coefficient (Wildman–Crippen LogP) is 3.79. The van der Waals surface area contributed by atoms with Crippen LogP contribution in [0.1, 0.15) is 13.8 Å². The van der Waals surface area contributed by atoms with Gasteiger partial charge in [0.15, 0.2) is 0 Å². The van der Waals surface area contributed by atoms with Crippen LogP contribution in [0, 0.1) is 0 Å². The molecular formula is C24H23N3OSSe. The second kappa shape index (κ2) is 9.00. The molecule has 0 aliphatic carbocycles. The van der Waals surface area contributed by atoms with Gasteiger partial charge in [-0.2, -0.15) is 0 Å². The Morgan fingerprint density at radius 3 is 2.30 bits per heavy atom. The van der Waals surface area contributed by atoms with E-state index in [-0.39, 0.29) is 5.91 Å². The van der Waals surface area contributed by atoms with Crippen LogP contribution >= 0.6 is 12.2 Å². The molecule has 2 aliphatic rings. The number of rotatable bonds is 5. The molecule has 30 heavy (non-hydrogen) atoms. The standard InChI is InChI=1S/C24H23N3OSSe/c1-3-25-19-14-8-10-16-21(19)30-22(25)17-11-9-15-20-23(28)26(4-2)24(29)27(20)18-12-6-5-7-13-18/h5-17H,3-4H2,1-2H3. The molecule has 2 aliphatic heterocycles. The number of carbonyl (C=O) groups excluding carboxylic acids is 1. The third kappa shape index (κ3) is 3.74. The third-order valence-electron chi connectivity index (χ3n) is 5.01. The van der Waals surface area contributed by atoms with Crippen LogP contribution in [0.25, 0.3) is 0 Å². The van der Waals surface area contributed by atoms with Crippen molar-refractivity contribution in [2.75, 3.05) is 22.9 Å². The molecule has 1 fully saturated rings. The van der Waals surface area contributed by atoms with Crippen molar-refractivity contribution in [3.63, 3.8) is 0 Å². The predicted molar refractivity (Wildman–Crippen MR) is 129 cm³/mol. The summed E-state index contributed by atoms with van der Waals surface area (Å²) < 4.78 is 2.74. The average Bonchev–Trinajstić information content (AvgIpc) is 3.25. The van der Waals surface area contributed by atoms with Gasteiger partial charge in [-0.05, 0) is 0 Å². The van der Waals surface area contributed by atoms with E-state index >= 15 is 0 Å². The van der Waals surface area contributed by atoms with Gasteiger partial charge in [-0.15, -0.1) is 0 Å². The van der Waals surface area contributed by atoms with Crippen molar-refractivity contribution >= 4 is 54.0 Å². The summed E-state index contributed by atoms with van der Waals surface area (Å²) in [6.07, 6.45) is 7.97. The Bertz CT molecular complexity index is 1060. The summed E-state index contributed by atoms with van der Waals surface area (Å²) in [6, 6.07) is 18.4. The van der Waals surface area contributed by atoms with Gasteiger partial charge in [0.1, 0.15) is 0 Å². The third-order valence-corrected chi connectivity index (χ3v) is 7.79. The number of benzene rings is 2. The van der Waals surface area contributed by atoms with E-state index in [1.54, 1.807) is 4.90 Å². The summed E-state index contributed by atoms with van der Waals surface area (Å²) >= 11 is 5.88. The molecule has 0 unspecified atom stereocenters. The zero-order chi connectivity index (χ0) is 21.1. The second-order valence-corrected chi connectivity index (χ2v) is 9.35. The molecule has 6 heteroatoms. The zero-order valence-corrected chi connectivity index (χ0v) is 19.5. The molecule has 0 atom stereocenters. The molecule has 4 nitrogen and oxygen atoms in total. The number of hydrogen-bond acceptors (Lipinski definition) is 3. The molecule has 152 valence electrons. The zero-order valence-electron chi connectivity index (χ0n) is 17.0. The number of anilines is 2. The Kier molecular flexibility index (Phi) is 6.18. The Morgan fingerprint density at radius 2 is 1.57 bits per heavy atom. The summed E-state index contributed by atoms with van der Waals surface area (Å²) in [5, 5.41) is 0.526. The van der Waals surface area contributed by atoms with Crippen molar-refractivity contribution in [1.82, 2.24) is 4.90 Å². The number of thiocarbonyl (C=S) groups is 1. The fraction of sp³-hybridized carbons (Fsp3) is 0.167. The fourth-order valence-corrected chi connectivity index (χ4v) is 6.39. The number of para-hydroxylation sites is 2. The minimum absolute atomic E-state index is 0.0590. The van der Waals surface area contributed by atoms with Crippen molar-refractivity contribution in [2.24, 2.45) is 0 Å². The van der Waals surface area contributed by atoms with Crippen molar-refractivity contribution in [2.45, 2.75) is 13.8 Å². The Labute approximate surface area is 189 Å². The van der Waals surface area contributed by atoms with E-state index in [2.05, 4.69) is 42.2 Å². The van der Waals surface area contributed by atoms with Gasteiger partial charge in [-0.1, -0.05) is 0 Å². The van der Waals surface area contributed by atoms with Crippen molar-refractivity contribution in [1.29, 1.82) is 0 Å². The van der Waals surface area contributed by atoms with Crippen molar-refractivity contribution < 1.29 is 4.79 Å². The molecule has 0 spiro atoms. The number of likely N-dealkylation sites (N-methyl/N-ethyl adjacent to an activating group) is 1. The van der Waals surface area contributed by atoms with E-state index in [0.717, 1.165) is 12.2 Å². The molecule has 0 saturated carbocycles. The Morgan fingerprint density at radius 1 is 0.900 bits per heavy atom. The number of carbonyl (C=O) groups is 1. The quantitative estimate of drug-likeness (QED) is 0.370. The Balaban J connectivity index is 1.60. The second-order valence-electron chi connectivity index (χ2n) is 6.76. The molecule has 0 N–H and O–H groups in total. The first-order valence-electron chi connectivity index (χ1n) is 9.99. The molecule has 0 aromatic heterocycles. The molecule has 2 aromatic carbocycles. The average molecular weight is 480 g/mol. The summed E-state index contributed by atoms with van der Waals surface area (Å²) in [5.41, 5.74) is 2.79. The van der Waals surface area contributed by atoms with Crippen LogP contribution in [0.3, 0.4) is 0 Å². The van der Waals surface area contributed by atoms with Gasteiger partial charge in [-0.25, -0.2) is 0 Å². The normalized spacial score (nSPS) is 19.1. The SMILES string of the molecule is CCN1C(=O)C(=CC=CC=C2[Se]c3ccccc3N2CC)N(c2ccccc2)C1=S. The number of amides is 1. The van der Waals surface area contributed by atoms with Crippen molar-refractivity contribution in [3.8, 4) is 0 Å². The molecular weight excluding hydrogens is 457 g/mol. The first-order valence-corrected chi connectivity index (χ1v) is 12.1. The maximum absolute atomic E-state index is 12.9. The van der Waals surface area contributed by atoms with Gasteiger partial charge in [0, 0.05) is 0 Å². The summed E-state index contributed by atoms with van der Waals surface area (Å²) in [6.45, 7) is 5.61. The van der Waals surface area contributed by atoms with E-state index in [4.69, 9.17) is 12.2 Å². The van der Waals surface area contributed by atoms with Crippen LogP contribution in [0.15, 0.2) is 89.2 Å². The minimum atomic E-state index is -0.0590. The maximum atomic E-state index is 12.9.